The van der Waals surface area contributed by atoms with Crippen LogP contribution in [-0.2, 0) is 9.59 Å². The molecule has 0 bridgehead atoms. The number of carbonyl (C=O) groups is 2. The van der Waals surface area contributed by atoms with Gasteiger partial charge in [-0.3, -0.25) is 9.59 Å². The van der Waals surface area contributed by atoms with Gasteiger partial charge in [0.1, 0.15) is 0 Å². The Hall–Kier alpha value is -2.04. The van der Waals surface area contributed by atoms with Crippen LogP contribution in [0.1, 0.15) is 27.7 Å². The molecule has 1 aliphatic heterocycles. The van der Waals surface area contributed by atoms with Crippen LogP contribution < -0.4 is 10.2 Å². The second kappa shape index (κ2) is 6.38. The molecule has 0 saturated carbocycles. The molecule has 0 radical (unpaired) electrons. The first-order chi connectivity index (χ1) is 10.3. The van der Waals surface area contributed by atoms with Crippen molar-refractivity contribution in [1.82, 2.24) is 4.90 Å². The third-order valence-electron chi connectivity index (χ3n) is 3.90. The van der Waals surface area contributed by atoms with E-state index in [1.165, 1.54) is 0 Å². The molecule has 1 N–H and O–H groups in total. The Labute approximate surface area is 132 Å². The van der Waals surface area contributed by atoms with Crippen LogP contribution in [0.4, 0.5) is 11.4 Å². The predicted octanol–water partition coefficient (Wildman–Crippen LogP) is 2.34. The van der Waals surface area contributed by atoms with Crippen molar-refractivity contribution in [3.63, 3.8) is 0 Å². The highest BCUT2D eigenvalue weighted by Gasteiger charge is 2.24. The second-order valence-electron chi connectivity index (χ2n) is 6.71. The highest BCUT2D eigenvalue weighted by Crippen LogP contribution is 2.28. The number of nitrogens with one attached hydrogen (secondary N) is 1. The number of para-hydroxylation sites is 2. The number of hydrogen-bond acceptors (Lipinski definition) is 3. The molecule has 5 heteroatoms. The van der Waals surface area contributed by atoms with E-state index < -0.39 is 5.41 Å². The number of carbonyl (C=O) groups excluding carboxylic acids is 2. The molecule has 0 atom stereocenters. The lowest BCUT2D eigenvalue weighted by atomic mass is 9.95. The fraction of sp³-hybridized carbons (Fsp3) is 0.529. The van der Waals surface area contributed by atoms with Crippen LogP contribution in [0.3, 0.4) is 0 Å². The van der Waals surface area contributed by atoms with E-state index in [0.717, 1.165) is 37.6 Å². The maximum Gasteiger partial charge on any atom is 0.229 e. The second-order valence-corrected chi connectivity index (χ2v) is 6.71. The van der Waals surface area contributed by atoms with E-state index in [1.54, 1.807) is 6.92 Å². The number of rotatable bonds is 2. The summed E-state index contributed by atoms with van der Waals surface area (Å²) in [6, 6.07) is 7.84. The van der Waals surface area contributed by atoms with Gasteiger partial charge in [0.2, 0.25) is 11.8 Å². The predicted molar refractivity (Wildman–Crippen MR) is 89.0 cm³/mol. The molecule has 1 fully saturated rings. The molecule has 2 rings (SSSR count). The lowest BCUT2D eigenvalue weighted by Crippen LogP contribution is -2.48. The standard InChI is InChI=1S/C17H25N3O2/c1-13(21)19-9-11-20(12-10-19)15-8-6-5-7-14(15)18-16(22)17(2,3)4/h5-8H,9-12H2,1-4H3,(H,18,22). The normalized spacial score (nSPS) is 15.6. The van der Waals surface area contributed by atoms with E-state index in [0.29, 0.717) is 0 Å². The average Bonchev–Trinajstić information content (AvgIpc) is 2.47. The molecular weight excluding hydrogens is 278 g/mol. The molecule has 1 aromatic rings. The first-order valence-corrected chi connectivity index (χ1v) is 7.70. The van der Waals surface area contributed by atoms with Gasteiger partial charge in [-0.2, -0.15) is 0 Å². The largest absolute Gasteiger partial charge is 0.366 e. The molecular formula is C17H25N3O2. The molecule has 0 aliphatic carbocycles. The van der Waals surface area contributed by atoms with Gasteiger partial charge in [-0.15, -0.1) is 0 Å². The Morgan fingerprint density at radius 1 is 1.05 bits per heavy atom. The first-order valence-electron chi connectivity index (χ1n) is 7.70. The smallest absolute Gasteiger partial charge is 0.229 e. The molecule has 1 aliphatic rings. The van der Waals surface area contributed by atoms with Crippen LogP contribution in [0.15, 0.2) is 24.3 Å². The van der Waals surface area contributed by atoms with E-state index >= 15 is 0 Å². The van der Waals surface area contributed by atoms with Crippen LogP contribution in [0.25, 0.3) is 0 Å². The number of hydrogen-bond donors (Lipinski definition) is 1. The van der Waals surface area contributed by atoms with E-state index in [9.17, 15) is 9.59 Å². The van der Waals surface area contributed by atoms with Crippen LogP contribution in [0, 0.1) is 5.41 Å². The molecule has 0 unspecified atom stereocenters. The van der Waals surface area contributed by atoms with Gasteiger partial charge in [-0.05, 0) is 12.1 Å². The van der Waals surface area contributed by atoms with Gasteiger partial charge in [0.05, 0.1) is 11.4 Å². The lowest BCUT2D eigenvalue weighted by molar-refractivity contribution is -0.129. The maximum atomic E-state index is 12.2. The minimum Gasteiger partial charge on any atom is -0.366 e. The van der Waals surface area contributed by atoms with E-state index in [4.69, 9.17) is 0 Å². The van der Waals surface area contributed by atoms with Crippen molar-refractivity contribution in [3.8, 4) is 0 Å². The summed E-state index contributed by atoms with van der Waals surface area (Å²) in [5.41, 5.74) is 1.42. The minimum atomic E-state index is -0.430. The van der Waals surface area contributed by atoms with Gasteiger partial charge in [-0.25, -0.2) is 0 Å². The number of benzene rings is 1. The average molecular weight is 303 g/mol. The third-order valence-corrected chi connectivity index (χ3v) is 3.90. The van der Waals surface area contributed by atoms with E-state index in [2.05, 4.69) is 10.2 Å². The summed E-state index contributed by atoms with van der Waals surface area (Å²) >= 11 is 0. The topological polar surface area (TPSA) is 52.7 Å². The zero-order valence-corrected chi connectivity index (χ0v) is 13.8. The molecule has 120 valence electrons. The van der Waals surface area contributed by atoms with E-state index in [1.807, 2.05) is 49.9 Å². The van der Waals surface area contributed by atoms with Crippen molar-refractivity contribution in [2.75, 3.05) is 36.4 Å². The molecule has 22 heavy (non-hydrogen) atoms. The highest BCUT2D eigenvalue weighted by molar-refractivity contribution is 5.97. The van der Waals surface area contributed by atoms with Gasteiger partial charge in [0.15, 0.2) is 0 Å². The fourth-order valence-corrected chi connectivity index (χ4v) is 2.43. The summed E-state index contributed by atoms with van der Waals surface area (Å²) in [4.78, 5) is 27.7. The Morgan fingerprint density at radius 3 is 2.18 bits per heavy atom. The SMILES string of the molecule is CC(=O)N1CCN(c2ccccc2NC(=O)C(C)(C)C)CC1. The highest BCUT2D eigenvalue weighted by atomic mass is 16.2. The molecule has 1 heterocycles. The number of nitrogens with zero attached hydrogens (tertiary/aromatic N) is 2. The van der Waals surface area contributed by atoms with Crippen molar-refractivity contribution < 1.29 is 9.59 Å². The first kappa shape index (κ1) is 16.3. The van der Waals surface area contributed by atoms with Gasteiger partial charge in [0.25, 0.3) is 0 Å². The van der Waals surface area contributed by atoms with Gasteiger partial charge in [0, 0.05) is 38.5 Å². The van der Waals surface area contributed by atoms with Crippen molar-refractivity contribution in [2.45, 2.75) is 27.7 Å². The Morgan fingerprint density at radius 2 is 1.64 bits per heavy atom. The monoisotopic (exact) mass is 303 g/mol. The summed E-state index contributed by atoms with van der Waals surface area (Å²) in [5, 5.41) is 3.02. The Bertz CT molecular complexity index is 555. The van der Waals surface area contributed by atoms with Crippen LogP contribution in [0.5, 0.6) is 0 Å². The van der Waals surface area contributed by atoms with Crippen LogP contribution in [0.2, 0.25) is 0 Å². The number of piperazine rings is 1. The van der Waals surface area contributed by atoms with Crippen molar-refractivity contribution in [2.24, 2.45) is 5.41 Å². The van der Waals surface area contributed by atoms with Crippen molar-refractivity contribution >= 4 is 23.2 Å². The zero-order chi connectivity index (χ0) is 16.3. The Kier molecular flexibility index (Phi) is 4.74. The minimum absolute atomic E-state index is 0.00215. The van der Waals surface area contributed by atoms with Gasteiger partial charge < -0.3 is 15.1 Å². The third kappa shape index (κ3) is 3.78. The molecule has 2 amide bonds. The molecule has 0 aromatic heterocycles. The van der Waals surface area contributed by atoms with Crippen molar-refractivity contribution in [3.05, 3.63) is 24.3 Å². The quantitative estimate of drug-likeness (QED) is 0.912. The van der Waals surface area contributed by atoms with Gasteiger partial charge >= 0.3 is 0 Å². The molecule has 1 saturated heterocycles. The van der Waals surface area contributed by atoms with Crippen molar-refractivity contribution in [1.29, 1.82) is 0 Å². The summed E-state index contributed by atoms with van der Waals surface area (Å²) in [5.74, 6) is 0.122. The van der Waals surface area contributed by atoms with Gasteiger partial charge in [-0.1, -0.05) is 32.9 Å². The summed E-state index contributed by atoms with van der Waals surface area (Å²) < 4.78 is 0. The summed E-state index contributed by atoms with van der Waals surface area (Å²) in [6.45, 7) is 10.3. The summed E-state index contributed by atoms with van der Waals surface area (Å²) in [7, 11) is 0. The van der Waals surface area contributed by atoms with Crippen LogP contribution >= 0.6 is 0 Å². The Balaban J connectivity index is 2.12. The maximum absolute atomic E-state index is 12.2. The molecule has 5 nitrogen and oxygen atoms in total. The fourth-order valence-electron chi connectivity index (χ4n) is 2.43. The number of amides is 2. The number of anilines is 2. The van der Waals surface area contributed by atoms with E-state index in [-0.39, 0.29) is 11.8 Å². The zero-order valence-electron chi connectivity index (χ0n) is 13.8. The summed E-state index contributed by atoms with van der Waals surface area (Å²) in [6.07, 6.45) is 0. The molecule has 0 spiro atoms. The van der Waals surface area contributed by atoms with Crippen LogP contribution in [-0.4, -0.2) is 42.9 Å². The molecule has 1 aromatic carbocycles. The lowest BCUT2D eigenvalue weighted by Gasteiger charge is -2.36.